The second kappa shape index (κ2) is 10.4. The van der Waals surface area contributed by atoms with Crippen molar-refractivity contribution in [3.63, 3.8) is 0 Å². The van der Waals surface area contributed by atoms with Crippen LogP contribution in [0.3, 0.4) is 0 Å². The van der Waals surface area contributed by atoms with E-state index >= 15 is 0 Å². The van der Waals surface area contributed by atoms with Crippen molar-refractivity contribution < 1.29 is 9.59 Å². The molecule has 2 amide bonds. The second-order valence-corrected chi connectivity index (χ2v) is 8.36. The molecular weight excluding hydrogens is 374 g/mol. The summed E-state index contributed by atoms with van der Waals surface area (Å²) in [5.74, 6) is -0.160. The SMILES string of the molecule is CC[C@@H](C)NC(=O)c1ccccc1NC(=O)C1CCN(Cc2cccc(C)c2)CC1. The van der Waals surface area contributed by atoms with Gasteiger partial charge in [0.25, 0.3) is 5.91 Å². The molecule has 0 spiro atoms. The third-order valence-corrected chi connectivity index (χ3v) is 5.87. The molecule has 1 fully saturated rings. The van der Waals surface area contributed by atoms with E-state index in [1.165, 1.54) is 11.1 Å². The first-order valence-electron chi connectivity index (χ1n) is 10.9. The molecule has 1 atom stereocenters. The van der Waals surface area contributed by atoms with Gasteiger partial charge in [-0.25, -0.2) is 0 Å². The Morgan fingerprint density at radius 3 is 2.53 bits per heavy atom. The average molecular weight is 408 g/mol. The maximum absolute atomic E-state index is 12.9. The fourth-order valence-electron chi connectivity index (χ4n) is 3.85. The fraction of sp³-hybridized carbons (Fsp3) is 0.440. The van der Waals surface area contributed by atoms with Crippen molar-refractivity contribution in [3.8, 4) is 0 Å². The standard InChI is InChI=1S/C25H33N3O2/c1-4-19(3)26-25(30)22-10-5-6-11-23(22)27-24(29)21-12-14-28(15-13-21)17-20-9-7-8-18(2)16-20/h5-11,16,19,21H,4,12-15,17H2,1-3H3,(H,26,30)(H,27,29)/t19-/m1/s1. The van der Waals surface area contributed by atoms with Crippen molar-refractivity contribution >= 4 is 17.5 Å². The number of piperidine rings is 1. The number of anilines is 1. The molecule has 1 aliphatic heterocycles. The Morgan fingerprint density at radius 2 is 1.83 bits per heavy atom. The van der Waals surface area contributed by atoms with Gasteiger partial charge in [-0.2, -0.15) is 0 Å². The van der Waals surface area contributed by atoms with E-state index in [1.54, 1.807) is 12.1 Å². The highest BCUT2D eigenvalue weighted by Gasteiger charge is 2.26. The number of nitrogens with one attached hydrogen (secondary N) is 2. The van der Waals surface area contributed by atoms with Gasteiger partial charge in [0.15, 0.2) is 0 Å². The van der Waals surface area contributed by atoms with Crippen molar-refractivity contribution in [1.29, 1.82) is 0 Å². The normalized spacial score (nSPS) is 16.1. The maximum Gasteiger partial charge on any atom is 0.253 e. The number of carbonyl (C=O) groups excluding carboxylic acids is 2. The van der Waals surface area contributed by atoms with Crippen molar-refractivity contribution in [3.05, 3.63) is 65.2 Å². The smallest absolute Gasteiger partial charge is 0.253 e. The minimum absolute atomic E-state index is 0.00833. The van der Waals surface area contributed by atoms with Gasteiger partial charge < -0.3 is 10.6 Å². The first-order valence-corrected chi connectivity index (χ1v) is 10.9. The molecular formula is C25H33N3O2. The van der Waals surface area contributed by atoms with Crippen LogP contribution in [0.25, 0.3) is 0 Å². The molecule has 0 bridgehead atoms. The molecule has 0 unspecified atom stereocenters. The van der Waals surface area contributed by atoms with Crippen molar-refractivity contribution in [2.75, 3.05) is 18.4 Å². The summed E-state index contributed by atoms with van der Waals surface area (Å²) in [4.78, 5) is 27.8. The van der Waals surface area contributed by atoms with E-state index in [4.69, 9.17) is 0 Å². The van der Waals surface area contributed by atoms with E-state index in [0.717, 1.165) is 38.9 Å². The molecule has 30 heavy (non-hydrogen) atoms. The zero-order valence-corrected chi connectivity index (χ0v) is 18.3. The van der Waals surface area contributed by atoms with Crippen LogP contribution < -0.4 is 10.6 Å². The van der Waals surface area contributed by atoms with Gasteiger partial charge in [0, 0.05) is 18.5 Å². The van der Waals surface area contributed by atoms with Crippen LogP contribution in [-0.4, -0.2) is 35.8 Å². The summed E-state index contributed by atoms with van der Waals surface area (Å²) < 4.78 is 0. The molecule has 5 heteroatoms. The lowest BCUT2D eigenvalue weighted by Crippen LogP contribution is -2.38. The van der Waals surface area contributed by atoms with E-state index < -0.39 is 0 Å². The van der Waals surface area contributed by atoms with Crippen LogP contribution in [0.2, 0.25) is 0 Å². The van der Waals surface area contributed by atoms with E-state index in [0.29, 0.717) is 11.3 Å². The zero-order valence-electron chi connectivity index (χ0n) is 18.3. The highest BCUT2D eigenvalue weighted by molar-refractivity contribution is 6.04. The van der Waals surface area contributed by atoms with E-state index in [2.05, 4.69) is 46.7 Å². The number of para-hydroxylation sites is 1. The molecule has 2 N–H and O–H groups in total. The number of rotatable bonds is 7. The van der Waals surface area contributed by atoms with Gasteiger partial charge in [0.05, 0.1) is 11.3 Å². The lowest BCUT2D eigenvalue weighted by atomic mass is 9.95. The summed E-state index contributed by atoms with van der Waals surface area (Å²) in [6, 6.07) is 15.9. The quantitative estimate of drug-likeness (QED) is 0.716. The summed E-state index contributed by atoms with van der Waals surface area (Å²) in [6.45, 7) is 8.85. The van der Waals surface area contributed by atoms with E-state index in [1.807, 2.05) is 26.0 Å². The number of nitrogens with zero attached hydrogens (tertiary/aromatic N) is 1. The average Bonchev–Trinajstić information content (AvgIpc) is 2.74. The first kappa shape index (κ1) is 22.0. The Kier molecular flexibility index (Phi) is 7.63. The number of hydrogen-bond acceptors (Lipinski definition) is 3. The Balaban J connectivity index is 1.55. The zero-order chi connectivity index (χ0) is 21.5. The van der Waals surface area contributed by atoms with Crippen LogP contribution in [0.4, 0.5) is 5.69 Å². The maximum atomic E-state index is 12.9. The molecule has 2 aromatic rings. The summed E-state index contributed by atoms with van der Waals surface area (Å²) in [6.07, 6.45) is 2.53. The van der Waals surface area contributed by atoms with Crippen LogP contribution in [0.5, 0.6) is 0 Å². The molecule has 0 radical (unpaired) electrons. The molecule has 0 aliphatic carbocycles. The molecule has 0 aromatic heterocycles. The monoisotopic (exact) mass is 407 g/mol. The van der Waals surface area contributed by atoms with Crippen molar-refractivity contribution in [2.45, 2.75) is 52.6 Å². The van der Waals surface area contributed by atoms with Crippen LogP contribution in [0.1, 0.15) is 54.6 Å². The summed E-state index contributed by atoms with van der Waals surface area (Å²) in [5.41, 5.74) is 3.70. The minimum Gasteiger partial charge on any atom is -0.350 e. The van der Waals surface area contributed by atoms with E-state index in [9.17, 15) is 9.59 Å². The van der Waals surface area contributed by atoms with Gasteiger partial charge in [-0.1, -0.05) is 48.9 Å². The lowest BCUT2D eigenvalue weighted by molar-refractivity contribution is -0.121. The van der Waals surface area contributed by atoms with Gasteiger partial charge in [0.2, 0.25) is 5.91 Å². The number of aryl methyl sites for hydroxylation is 1. The number of likely N-dealkylation sites (tertiary alicyclic amines) is 1. The number of hydrogen-bond donors (Lipinski definition) is 2. The fourth-order valence-corrected chi connectivity index (χ4v) is 3.85. The summed E-state index contributed by atoms with van der Waals surface area (Å²) in [7, 11) is 0. The number of carbonyl (C=O) groups is 2. The van der Waals surface area contributed by atoms with Crippen molar-refractivity contribution in [1.82, 2.24) is 10.2 Å². The number of amides is 2. The predicted molar refractivity (Wildman–Crippen MR) is 121 cm³/mol. The Hall–Kier alpha value is -2.66. The highest BCUT2D eigenvalue weighted by Crippen LogP contribution is 2.23. The highest BCUT2D eigenvalue weighted by atomic mass is 16.2. The molecule has 3 rings (SSSR count). The predicted octanol–water partition coefficient (Wildman–Crippen LogP) is 4.37. The molecule has 1 saturated heterocycles. The molecule has 2 aromatic carbocycles. The van der Waals surface area contributed by atoms with Gasteiger partial charge in [-0.3, -0.25) is 14.5 Å². The Labute approximate surface area is 179 Å². The van der Waals surface area contributed by atoms with Crippen LogP contribution >= 0.6 is 0 Å². The largest absolute Gasteiger partial charge is 0.350 e. The molecule has 160 valence electrons. The van der Waals surface area contributed by atoms with Gasteiger partial charge in [-0.15, -0.1) is 0 Å². The lowest BCUT2D eigenvalue weighted by Gasteiger charge is -2.31. The second-order valence-electron chi connectivity index (χ2n) is 8.36. The van der Waals surface area contributed by atoms with E-state index in [-0.39, 0.29) is 23.8 Å². The molecule has 1 heterocycles. The van der Waals surface area contributed by atoms with Crippen LogP contribution in [0.15, 0.2) is 48.5 Å². The first-order chi connectivity index (χ1) is 14.5. The summed E-state index contributed by atoms with van der Waals surface area (Å²) in [5, 5.41) is 5.98. The Bertz CT molecular complexity index is 872. The van der Waals surface area contributed by atoms with Gasteiger partial charge in [0.1, 0.15) is 0 Å². The van der Waals surface area contributed by atoms with Crippen LogP contribution in [-0.2, 0) is 11.3 Å². The Morgan fingerprint density at radius 1 is 1.10 bits per heavy atom. The molecule has 5 nitrogen and oxygen atoms in total. The number of benzene rings is 2. The molecule has 1 aliphatic rings. The molecule has 0 saturated carbocycles. The van der Waals surface area contributed by atoms with Crippen LogP contribution in [0, 0.1) is 12.8 Å². The topological polar surface area (TPSA) is 61.4 Å². The third-order valence-electron chi connectivity index (χ3n) is 5.87. The minimum atomic E-state index is -0.145. The summed E-state index contributed by atoms with van der Waals surface area (Å²) >= 11 is 0. The van der Waals surface area contributed by atoms with Gasteiger partial charge >= 0.3 is 0 Å². The third kappa shape index (κ3) is 5.92. The van der Waals surface area contributed by atoms with Crippen molar-refractivity contribution in [2.24, 2.45) is 5.92 Å². The van der Waals surface area contributed by atoms with Gasteiger partial charge in [-0.05, 0) is 63.9 Å².